The van der Waals surface area contributed by atoms with Crippen LogP contribution in [-0.2, 0) is 31.4 Å². The standard InChI is InChI=1S/C18H46O5Si4.C15H21NO4/c1-13-18(2,3)17(19)20-15-14-16-27(21-24(4,5)6,22-25(7,8)9)23-26(10,11)12;1-4-14(2,3)12(17)19-10-8-5-9-11(10)20-13(18)15(9,6-8)7-16/h17,19H,13-16H2,1-12H3;8-11,13,18H,4-6H2,1-3H3/t17-;8?,9?,10?,11?,13-,15?/m10/s1. The van der Waals surface area contributed by atoms with Crippen LogP contribution in [0.4, 0.5) is 0 Å². The van der Waals surface area contributed by atoms with Gasteiger partial charge in [0.1, 0.15) is 17.6 Å². The van der Waals surface area contributed by atoms with E-state index in [9.17, 15) is 20.3 Å². The highest BCUT2D eigenvalue weighted by Gasteiger charge is 2.71. The van der Waals surface area contributed by atoms with Gasteiger partial charge < -0.3 is 36.8 Å². The Balaban J connectivity index is 0.000000338. The highest BCUT2D eigenvalue weighted by Crippen LogP contribution is 2.63. The second-order valence-electron chi connectivity index (χ2n) is 18.0. The topological polar surface area (TPSA) is 137 Å². The molecule has 2 aliphatic carbocycles. The second-order valence-corrected chi connectivity index (χ2v) is 35.0. The number of aliphatic hydroxyl groups excluding tert-OH is 2. The van der Waals surface area contributed by atoms with Crippen molar-refractivity contribution in [3.63, 3.8) is 0 Å². The van der Waals surface area contributed by atoms with E-state index in [1.165, 1.54) is 0 Å². The van der Waals surface area contributed by atoms with Gasteiger partial charge in [0.15, 0.2) is 37.5 Å². The van der Waals surface area contributed by atoms with Crippen molar-refractivity contribution in [2.45, 2.75) is 163 Å². The Labute approximate surface area is 289 Å². The van der Waals surface area contributed by atoms with Gasteiger partial charge in [-0.05, 0) is 105 Å². The van der Waals surface area contributed by atoms with Crippen molar-refractivity contribution in [2.75, 3.05) is 6.61 Å². The number of carbonyl (C=O) groups is 1. The third kappa shape index (κ3) is 11.3. The quantitative estimate of drug-likeness (QED) is 0.0723. The molecule has 7 atom stereocenters. The number of aliphatic hydroxyl groups is 2. The van der Waals surface area contributed by atoms with Crippen molar-refractivity contribution in [3.05, 3.63) is 0 Å². The summed E-state index contributed by atoms with van der Waals surface area (Å²) in [5.74, 6) is -0.0847. The molecule has 1 saturated heterocycles. The maximum atomic E-state index is 12.2. The Morgan fingerprint density at radius 3 is 1.89 bits per heavy atom. The third-order valence-corrected chi connectivity index (χ3v) is 21.5. The summed E-state index contributed by atoms with van der Waals surface area (Å²) in [5, 5.41) is 29.7. The predicted octanol–water partition coefficient (Wildman–Crippen LogP) is 7.24. The number of ether oxygens (including phenoxy) is 3. The van der Waals surface area contributed by atoms with Crippen LogP contribution < -0.4 is 0 Å². The summed E-state index contributed by atoms with van der Waals surface area (Å²) in [5.41, 5.74) is -1.53. The lowest BCUT2D eigenvalue weighted by Crippen LogP contribution is -2.60. The van der Waals surface area contributed by atoms with Crippen LogP contribution in [0.1, 0.15) is 73.6 Å². The summed E-state index contributed by atoms with van der Waals surface area (Å²) >= 11 is 0. The fourth-order valence-corrected chi connectivity index (χ4v) is 21.0. The molecule has 0 aromatic carbocycles. The van der Waals surface area contributed by atoms with E-state index in [0.29, 0.717) is 19.4 Å². The average Bonchev–Trinajstić information content (AvgIpc) is 3.50. The number of fused-ring (bicyclic) bond motifs is 1. The van der Waals surface area contributed by atoms with Crippen molar-refractivity contribution in [1.29, 1.82) is 5.26 Å². The minimum Gasteiger partial charge on any atom is -0.459 e. The minimum absolute atomic E-state index is 0.00459. The van der Waals surface area contributed by atoms with Gasteiger partial charge in [-0.2, -0.15) is 5.26 Å². The summed E-state index contributed by atoms with van der Waals surface area (Å²) < 4.78 is 36.9. The number of esters is 1. The number of hydrogen-bond donors (Lipinski definition) is 2. The molecule has 0 aromatic rings. The van der Waals surface area contributed by atoms with Gasteiger partial charge in [-0.1, -0.05) is 27.7 Å². The van der Waals surface area contributed by atoms with E-state index in [1.807, 2.05) is 34.6 Å². The lowest BCUT2D eigenvalue weighted by Gasteiger charge is -2.43. The molecule has 3 fully saturated rings. The Morgan fingerprint density at radius 2 is 1.47 bits per heavy atom. The lowest BCUT2D eigenvalue weighted by molar-refractivity contribution is -0.174. The molecular weight excluding hydrogens is 667 g/mol. The molecular formula is C33H67NO9Si4. The maximum Gasteiger partial charge on any atom is 0.469 e. The van der Waals surface area contributed by atoms with Crippen molar-refractivity contribution in [3.8, 4) is 6.07 Å². The van der Waals surface area contributed by atoms with Gasteiger partial charge in [0.25, 0.3) is 0 Å². The Hall–Kier alpha value is -0.452. The molecule has 1 heterocycles. The van der Waals surface area contributed by atoms with Crippen LogP contribution in [0.5, 0.6) is 0 Å². The largest absolute Gasteiger partial charge is 0.469 e. The monoisotopic (exact) mass is 733 g/mol. The molecule has 0 spiro atoms. The van der Waals surface area contributed by atoms with Gasteiger partial charge in [0.05, 0.1) is 11.5 Å². The number of carbonyl (C=O) groups excluding carboxylic acids is 1. The molecule has 0 amide bonds. The van der Waals surface area contributed by atoms with Crippen LogP contribution in [0.2, 0.25) is 65.0 Å². The first kappa shape index (κ1) is 42.7. The van der Waals surface area contributed by atoms with Crippen LogP contribution in [0.15, 0.2) is 0 Å². The number of hydrogen-bond acceptors (Lipinski definition) is 10. The lowest BCUT2D eigenvalue weighted by atomic mass is 9.74. The van der Waals surface area contributed by atoms with Gasteiger partial charge in [-0.3, -0.25) is 4.79 Å². The summed E-state index contributed by atoms with van der Waals surface area (Å²) in [7, 11) is -8.34. The van der Waals surface area contributed by atoms with Gasteiger partial charge in [-0.15, -0.1) is 0 Å². The number of rotatable bonds is 16. The first-order chi connectivity index (χ1) is 21.2. The first-order valence-corrected chi connectivity index (χ1v) is 29.7. The Kier molecular flexibility index (Phi) is 14.0. The van der Waals surface area contributed by atoms with E-state index in [4.69, 9.17) is 26.6 Å². The molecule has 14 heteroatoms. The molecule has 0 radical (unpaired) electrons. The SMILES string of the molecule is CCC(C)(C)C(=O)OC1C2CC3C1O[C@H](O)C3(C#N)C2.CCC(C)(C)[C@H](O)OCCC[Si](O[Si](C)(C)C)(O[Si](C)(C)C)O[Si](C)(C)C. The van der Waals surface area contributed by atoms with Crippen LogP contribution in [0.25, 0.3) is 0 Å². The molecule has 10 nitrogen and oxygen atoms in total. The van der Waals surface area contributed by atoms with Crippen LogP contribution >= 0.6 is 0 Å². The van der Waals surface area contributed by atoms with Crippen LogP contribution in [0, 0.1) is 39.4 Å². The Bertz CT molecular complexity index is 1050. The average molecular weight is 734 g/mol. The minimum atomic E-state index is -2.80. The fourth-order valence-electron chi connectivity index (χ4n) is 6.38. The van der Waals surface area contributed by atoms with E-state index >= 15 is 0 Å². The molecule has 2 N–H and O–H groups in total. The van der Waals surface area contributed by atoms with E-state index in [-0.39, 0.29) is 35.4 Å². The molecule has 2 bridgehead atoms. The van der Waals surface area contributed by atoms with E-state index in [2.05, 4.69) is 71.9 Å². The Morgan fingerprint density at radius 1 is 0.957 bits per heavy atom. The van der Waals surface area contributed by atoms with E-state index < -0.39 is 57.2 Å². The highest BCUT2D eigenvalue weighted by molar-refractivity contribution is 6.90. The van der Waals surface area contributed by atoms with Gasteiger partial charge in [0.2, 0.25) is 0 Å². The molecule has 2 saturated carbocycles. The van der Waals surface area contributed by atoms with Crippen molar-refractivity contribution in [2.24, 2.45) is 28.1 Å². The zero-order valence-corrected chi connectivity index (χ0v) is 36.1. The number of nitriles is 1. The highest BCUT2D eigenvalue weighted by atomic mass is 28.5. The zero-order valence-electron chi connectivity index (χ0n) is 32.1. The molecule has 0 aromatic heterocycles. The molecule has 47 heavy (non-hydrogen) atoms. The van der Waals surface area contributed by atoms with E-state index in [1.54, 1.807) is 0 Å². The van der Waals surface area contributed by atoms with Gasteiger partial charge in [0, 0.05) is 29.9 Å². The fraction of sp³-hybridized carbons (Fsp3) is 0.939. The van der Waals surface area contributed by atoms with Crippen LogP contribution in [-0.4, -0.2) is 81.3 Å². The van der Waals surface area contributed by atoms with Crippen molar-refractivity contribution < 1.29 is 41.6 Å². The molecule has 274 valence electrons. The second kappa shape index (κ2) is 15.4. The maximum absolute atomic E-state index is 12.2. The summed E-state index contributed by atoms with van der Waals surface area (Å²) in [6.45, 7) is 32.0. The summed E-state index contributed by atoms with van der Waals surface area (Å²) in [6.07, 6.45) is 1.28. The molecule has 1 aliphatic heterocycles. The zero-order chi connectivity index (χ0) is 36.4. The molecule has 3 rings (SSSR count). The normalized spacial score (nSPS) is 28.5. The number of nitrogens with zero attached hydrogens (tertiary/aromatic N) is 1. The molecule has 3 aliphatic rings. The predicted molar refractivity (Wildman–Crippen MR) is 194 cm³/mol. The molecule has 5 unspecified atom stereocenters. The van der Waals surface area contributed by atoms with Crippen LogP contribution in [0.3, 0.4) is 0 Å². The van der Waals surface area contributed by atoms with Crippen molar-refractivity contribution >= 4 is 39.7 Å². The van der Waals surface area contributed by atoms with Crippen molar-refractivity contribution in [1.82, 2.24) is 0 Å². The summed E-state index contributed by atoms with van der Waals surface area (Å²) in [6, 6.07) is 2.99. The third-order valence-electron chi connectivity index (χ3n) is 9.49. The van der Waals surface area contributed by atoms with Gasteiger partial charge >= 0.3 is 14.8 Å². The smallest absolute Gasteiger partial charge is 0.459 e. The summed E-state index contributed by atoms with van der Waals surface area (Å²) in [4.78, 5) is 12.2. The van der Waals surface area contributed by atoms with E-state index in [0.717, 1.165) is 25.3 Å². The van der Waals surface area contributed by atoms with Gasteiger partial charge in [-0.25, -0.2) is 0 Å². The first-order valence-electron chi connectivity index (χ1n) is 17.5.